The minimum Gasteiger partial charge on any atom is -1.00 e. The second-order valence-electron chi connectivity index (χ2n) is 3.24. The second-order valence-corrected chi connectivity index (χ2v) is 3.24. The quantitative estimate of drug-likeness (QED) is 0.384. The Morgan fingerprint density at radius 1 is 1.25 bits per heavy atom. The summed E-state index contributed by atoms with van der Waals surface area (Å²) < 4.78 is 0. The van der Waals surface area contributed by atoms with Crippen LogP contribution in [0.5, 0.6) is 0 Å². The molecule has 0 bridgehead atoms. The van der Waals surface area contributed by atoms with E-state index in [0.717, 1.165) is 5.92 Å². The maximum atomic E-state index is 3.85. The van der Waals surface area contributed by atoms with Crippen molar-refractivity contribution < 1.29 is 34.0 Å². The van der Waals surface area contributed by atoms with Crippen LogP contribution in [0.4, 0.5) is 0 Å². The average Bonchev–Trinajstić information content (AvgIpc) is 1.63. The molecule has 0 saturated heterocycles. The van der Waals surface area contributed by atoms with Crippen LogP contribution >= 0.6 is 0 Å². The molecule has 0 aromatic carbocycles. The van der Waals surface area contributed by atoms with Gasteiger partial charge >= 0.3 is 23.1 Å². The van der Waals surface area contributed by atoms with E-state index in [9.17, 15) is 0 Å². The zero-order valence-corrected chi connectivity index (χ0v) is 13.0. The van der Waals surface area contributed by atoms with Crippen molar-refractivity contribution in [2.24, 2.45) is 5.92 Å². The van der Waals surface area contributed by atoms with Gasteiger partial charge < -0.3 is 34.0 Å². The monoisotopic (exact) mass is 308 g/mol. The summed E-state index contributed by atoms with van der Waals surface area (Å²) in [5.74, 6) is 0.851. The molecule has 70 valence electrons. The SMILES string of the molecule is C=C(C)CCCC(C)C.[Br-].[Br-].[Mg+2]. The average molecular weight is 310 g/mol. The van der Waals surface area contributed by atoms with Crippen LogP contribution < -0.4 is 34.0 Å². The van der Waals surface area contributed by atoms with Gasteiger partial charge in [0.2, 0.25) is 0 Å². The summed E-state index contributed by atoms with van der Waals surface area (Å²) in [6, 6.07) is 0. The predicted molar refractivity (Wildman–Crippen MR) is 49.3 cm³/mol. The van der Waals surface area contributed by atoms with E-state index in [1.54, 1.807) is 0 Å². The van der Waals surface area contributed by atoms with Crippen molar-refractivity contribution in [1.29, 1.82) is 0 Å². The topological polar surface area (TPSA) is 0 Å². The molecule has 0 nitrogen and oxygen atoms in total. The molecule has 0 saturated carbocycles. The molecule has 0 aromatic rings. The number of hydrogen-bond acceptors (Lipinski definition) is 0. The van der Waals surface area contributed by atoms with Crippen LogP contribution in [0.3, 0.4) is 0 Å². The summed E-state index contributed by atoms with van der Waals surface area (Å²) in [5.41, 5.74) is 1.32. The zero-order chi connectivity index (χ0) is 7.28. The Balaban J connectivity index is -0.000000107. The largest absolute Gasteiger partial charge is 2.00 e. The van der Waals surface area contributed by atoms with Crippen LogP contribution in [-0.4, -0.2) is 23.1 Å². The van der Waals surface area contributed by atoms with Gasteiger partial charge in [-0.2, -0.15) is 0 Å². The molecule has 0 spiro atoms. The number of halogens is 2. The zero-order valence-electron chi connectivity index (χ0n) is 8.37. The smallest absolute Gasteiger partial charge is 1.00 e. The molecule has 0 aliphatic rings. The molecule has 0 atom stereocenters. The van der Waals surface area contributed by atoms with Crippen molar-refractivity contribution >= 4 is 23.1 Å². The van der Waals surface area contributed by atoms with Gasteiger partial charge in [0.1, 0.15) is 0 Å². The first kappa shape index (κ1) is 23.4. The van der Waals surface area contributed by atoms with Gasteiger partial charge in [-0.1, -0.05) is 25.8 Å². The molecule has 0 rings (SSSR count). The van der Waals surface area contributed by atoms with Gasteiger partial charge in [0.25, 0.3) is 0 Å². The first-order valence-electron chi connectivity index (χ1n) is 3.77. The van der Waals surface area contributed by atoms with Gasteiger partial charge in [-0.05, 0) is 25.7 Å². The fourth-order valence-electron chi connectivity index (χ4n) is 0.812. The molecule has 0 fully saturated rings. The predicted octanol–water partition coefficient (Wildman–Crippen LogP) is -2.98. The molecule has 3 heteroatoms. The third kappa shape index (κ3) is 22.5. The fraction of sp³-hybridized carbons (Fsp3) is 0.778. The third-order valence-corrected chi connectivity index (χ3v) is 1.39. The van der Waals surface area contributed by atoms with Crippen LogP contribution in [0.1, 0.15) is 40.0 Å². The summed E-state index contributed by atoms with van der Waals surface area (Å²) in [6.45, 7) is 10.5. The van der Waals surface area contributed by atoms with E-state index in [1.165, 1.54) is 24.8 Å². The molecule has 0 N–H and O–H groups in total. The minimum absolute atomic E-state index is 0. The van der Waals surface area contributed by atoms with Gasteiger partial charge in [-0.25, -0.2) is 0 Å². The van der Waals surface area contributed by atoms with Crippen LogP contribution in [0.15, 0.2) is 12.2 Å². The summed E-state index contributed by atoms with van der Waals surface area (Å²) in [7, 11) is 0. The summed E-state index contributed by atoms with van der Waals surface area (Å²) in [4.78, 5) is 0. The van der Waals surface area contributed by atoms with Crippen molar-refractivity contribution in [3.63, 3.8) is 0 Å². The van der Waals surface area contributed by atoms with Gasteiger partial charge in [0.15, 0.2) is 0 Å². The van der Waals surface area contributed by atoms with E-state index in [0.29, 0.717) is 0 Å². The molecule has 0 aromatic heterocycles. The molecule has 0 radical (unpaired) electrons. The van der Waals surface area contributed by atoms with Crippen molar-refractivity contribution in [1.82, 2.24) is 0 Å². The summed E-state index contributed by atoms with van der Waals surface area (Å²) in [6.07, 6.45) is 3.86. The van der Waals surface area contributed by atoms with E-state index in [2.05, 4.69) is 27.4 Å². The Morgan fingerprint density at radius 2 is 1.67 bits per heavy atom. The van der Waals surface area contributed by atoms with Crippen molar-refractivity contribution in [2.45, 2.75) is 40.0 Å². The summed E-state index contributed by atoms with van der Waals surface area (Å²) >= 11 is 0. The number of rotatable bonds is 4. The third-order valence-electron chi connectivity index (χ3n) is 1.39. The van der Waals surface area contributed by atoms with Gasteiger partial charge in [-0.3, -0.25) is 0 Å². The Hall–Kier alpha value is 1.47. The van der Waals surface area contributed by atoms with Crippen molar-refractivity contribution in [2.75, 3.05) is 0 Å². The maximum absolute atomic E-state index is 3.85. The summed E-state index contributed by atoms with van der Waals surface area (Å²) in [5, 5.41) is 0. The van der Waals surface area contributed by atoms with E-state index in [1.807, 2.05) is 0 Å². The van der Waals surface area contributed by atoms with Gasteiger partial charge in [-0.15, -0.1) is 6.58 Å². The van der Waals surface area contributed by atoms with Crippen LogP contribution in [-0.2, 0) is 0 Å². The standard InChI is InChI=1S/C9H18.2BrH.Mg/c1-8(2)6-5-7-9(3)4;;;/h9H,1,5-7H2,2-4H3;2*1H;/q;;;+2/p-2. The van der Waals surface area contributed by atoms with E-state index in [-0.39, 0.29) is 57.0 Å². The first-order chi connectivity index (χ1) is 4.13. The molecule has 0 heterocycles. The Kier molecular flexibility index (Phi) is 29.1. The molecule has 0 aliphatic carbocycles. The number of allylic oxidation sites excluding steroid dienone is 1. The van der Waals surface area contributed by atoms with Crippen molar-refractivity contribution in [3.8, 4) is 0 Å². The van der Waals surface area contributed by atoms with E-state index < -0.39 is 0 Å². The first-order valence-corrected chi connectivity index (χ1v) is 3.77. The molecule has 0 aliphatic heterocycles. The van der Waals surface area contributed by atoms with Gasteiger partial charge in [0, 0.05) is 0 Å². The molecule has 0 unspecified atom stereocenters. The molecular weight excluding hydrogens is 292 g/mol. The Bertz CT molecular complexity index is 92.5. The van der Waals surface area contributed by atoms with Crippen LogP contribution in [0.2, 0.25) is 0 Å². The van der Waals surface area contributed by atoms with Crippen LogP contribution in [0.25, 0.3) is 0 Å². The van der Waals surface area contributed by atoms with Crippen molar-refractivity contribution in [3.05, 3.63) is 12.2 Å². The van der Waals surface area contributed by atoms with Crippen LogP contribution in [0, 0.1) is 5.92 Å². The Labute approximate surface area is 114 Å². The molecular formula is C9H18Br2Mg. The number of hydrogen-bond donors (Lipinski definition) is 0. The second kappa shape index (κ2) is 15.0. The van der Waals surface area contributed by atoms with E-state index >= 15 is 0 Å². The Morgan fingerprint density at radius 3 is 1.92 bits per heavy atom. The molecule has 0 amide bonds. The fourth-order valence-corrected chi connectivity index (χ4v) is 0.812. The van der Waals surface area contributed by atoms with E-state index in [4.69, 9.17) is 0 Å². The van der Waals surface area contributed by atoms with Gasteiger partial charge in [0.05, 0.1) is 0 Å². The molecule has 12 heavy (non-hydrogen) atoms. The normalized spacial score (nSPS) is 7.67. The minimum atomic E-state index is 0. The maximum Gasteiger partial charge on any atom is 2.00 e.